The molecule has 1 aromatic rings. The Morgan fingerprint density at radius 2 is 2.14 bits per heavy atom. The Morgan fingerprint density at radius 3 is 2.86 bits per heavy atom. The van der Waals surface area contributed by atoms with Crippen molar-refractivity contribution in [3.8, 4) is 0 Å². The van der Waals surface area contributed by atoms with Crippen LogP contribution >= 0.6 is 15.9 Å². The summed E-state index contributed by atoms with van der Waals surface area (Å²) in [4.78, 5) is 0. The molecule has 0 bridgehead atoms. The molecule has 0 radical (unpaired) electrons. The van der Waals surface area contributed by atoms with E-state index in [4.69, 9.17) is 4.74 Å². The Labute approximate surface area is 137 Å². The first kappa shape index (κ1) is 16.8. The van der Waals surface area contributed by atoms with Gasteiger partial charge in [0.25, 0.3) is 0 Å². The van der Waals surface area contributed by atoms with Crippen molar-refractivity contribution in [1.82, 2.24) is 0 Å². The topological polar surface area (TPSA) is 21.3 Å². The third-order valence-corrected chi connectivity index (χ3v) is 5.10. The zero-order valence-electron chi connectivity index (χ0n) is 13.5. The van der Waals surface area contributed by atoms with Crippen LogP contribution in [-0.2, 0) is 11.3 Å². The number of hydrogen-bond acceptors (Lipinski definition) is 2. The van der Waals surface area contributed by atoms with Gasteiger partial charge in [-0.3, -0.25) is 0 Å². The lowest BCUT2D eigenvalue weighted by molar-refractivity contribution is 0.184. The summed E-state index contributed by atoms with van der Waals surface area (Å²) >= 11 is 3.64. The van der Waals surface area contributed by atoms with Crippen LogP contribution in [0.4, 0.5) is 5.69 Å². The largest absolute Gasteiger partial charge is 0.382 e. The van der Waals surface area contributed by atoms with Gasteiger partial charge in [-0.25, -0.2) is 0 Å². The van der Waals surface area contributed by atoms with E-state index in [1.807, 2.05) is 0 Å². The molecule has 2 unspecified atom stereocenters. The summed E-state index contributed by atoms with van der Waals surface area (Å²) in [5.41, 5.74) is 2.45. The smallest absolute Gasteiger partial charge is 0.0744 e. The van der Waals surface area contributed by atoms with Crippen molar-refractivity contribution in [2.24, 2.45) is 11.8 Å². The molecule has 1 aromatic carbocycles. The molecule has 1 aliphatic rings. The number of benzene rings is 1. The van der Waals surface area contributed by atoms with Gasteiger partial charge in [0.15, 0.2) is 0 Å². The van der Waals surface area contributed by atoms with Gasteiger partial charge < -0.3 is 10.1 Å². The van der Waals surface area contributed by atoms with Gasteiger partial charge in [0.2, 0.25) is 0 Å². The second-order valence-electron chi connectivity index (χ2n) is 6.70. The molecule has 2 nitrogen and oxygen atoms in total. The highest BCUT2D eigenvalue weighted by Crippen LogP contribution is 2.33. The molecule has 1 N–H and O–H groups in total. The summed E-state index contributed by atoms with van der Waals surface area (Å²) in [6.07, 6.45) is 6.70. The molecule has 21 heavy (non-hydrogen) atoms. The lowest BCUT2D eigenvalue weighted by Crippen LogP contribution is -2.28. The van der Waals surface area contributed by atoms with Gasteiger partial charge in [-0.2, -0.15) is 0 Å². The quantitative estimate of drug-likeness (QED) is 0.717. The van der Waals surface area contributed by atoms with Crippen LogP contribution in [0.25, 0.3) is 0 Å². The van der Waals surface area contributed by atoms with E-state index in [1.165, 1.54) is 43.4 Å². The van der Waals surface area contributed by atoms with E-state index >= 15 is 0 Å². The van der Waals surface area contributed by atoms with E-state index in [0.717, 1.165) is 16.3 Å². The molecule has 3 heteroatoms. The van der Waals surface area contributed by atoms with Crippen LogP contribution in [-0.4, -0.2) is 13.2 Å². The average molecular weight is 354 g/mol. The molecule has 0 amide bonds. The van der Waals surface area contributed by atoms with E-state index in [-0.39, 0.29) is 0 Å². The molecule has 0 saturated heterocycles. The molecule has 1 saturated carbocycles. The summed E-state index contributed by atoms with van der Waals surface area (Å²) in [7, 11) is 1.75. The standard InChI is InChI=1S/C18H28BrNO/c1-13(2)10-14-6-4-7-15(11-14)20-18-9-5-8-17(19)16(18)12-21-3/h5,8-9,13-15,20H,4,6-7,10-12H2,1-3H3. The maximum atomic E-state index is 5.34. The summed E-state index contributed by atoms with van der Waals surface area (Å²) in [5.74, 6) is 1.69. The Morgan fingerprint density at radius 1 is 1.33 bits per heavy atom. The summed E-state index contributed by atoms with van der Waals surface area (Å²) < 4.78 is 6.47. The van der Waals surface area contributed by atoms with Gasteiger partial charge in [0, 0.05) is 28.9 Å². The summed E-state index contributed by atoms with van der Waals surface area (Å²) in [6, 6.07) is 6.96. The number of anilines is 1. The SMILES string of the molecule is COCc1c(Br)cccc1NC1CCCC(CC(C)C)C1. The molecular weight excluding hydrogens is 326 g/mol. The Hall–Kier alpha value is -0.540. The first-order chi connectivity index (χ1) is 10.1. The fourth-order valence-electron chi connectivity index (χ4n) is 3.51. The Balaban J connectivity index is 2.02. The summed E-state index contributed by atoms with van der Waals surface area (Å²) in [5, 5.41) is 3.77. The molecule has 0 aliphatic heterocycles. The highest BCUT2D eigenvalue weighted by atomic mass is 79.9. The highest BCUT2D eigenvalue weighted by molar-refractivity contribution is 9.10. The highest BCUT2D eigenvalue weighted by Gasteiger charge is 2.23. The molecule has 2 rings (SSSR count). The van der Waals surface area contributed by atoms with E-state index in [2.05, 4.69) is 53.3 Å². The van der Waals surface area contributed by atoms with E-state index < -0.39 is 0 Å². The summed E-state index contributed by atoms with van der Waals surface area (Å²) in [6.45, 7) is 5.32. The van der Waals surface area contributed by atoms with Crippen LogP contribution in [0.3, 0.4) is 0 Å². The number of methoxy groups -OCH3 is 1. The first-order valence-corrected chi connectivity index (χ1v) is 8.92. The lowest BCUT2D eigenvalue weighted by Gasteiger charge is -2.32. The zero-order valence-corrected chi connectivity index (χ0v) is 15.1. The first-order valence-electron chi connectivity index (χ1n) is 8.13. The Bertz CT molecular complexity index is 447. The van der Waals surface area contributed by atoms with Gasteiger partial charge in [0.05, 0.1) is 6.61 Å². The molecule has 0 heterocycles. The molecule has 1 fully saturated rings. The average Bonchev–Trinajstić information content (AvgIpc) is 2.42. The van der Waals surface area contributed by atoms with Crippen LogP contribution in [0.1, 0.15) is 51.5 Å². The van der Waals surface area contributed by atoms with Gasteiger partial charge in [0.1, 0.15) is 0 Å². The normalized spacial score (nSPS) is 22.5. The van der Waals surface area contributed by atoms with Crippen molar-refractivity contribution in [2.45, 2.75) is 58.6 Å². The Kier molecular flexibility index (Phi) is 6.56. The van der Waals surface area contributed by atoms with Crippen LogP contribution in [0.15, 0.2) is 22.7 Å². The van der Waals surface area contributed by atoms with E-state index in [0.29, 0.717) is 12.6 Å². The van der Waals surface area contributed by atoms with Crippen LogP contribution < -0.4 is 5.32 Å². The fraction of sp³-hybridized carbons (Fsp3) is 0.667. The van der Waals surface area contributed by atoms with Gasteiger partial charge in [-0.15, -0.1) is 0 Å². The third-order valence-electron chi connectivity index (χ3n) is 4.35. The van der Waals surface area contributed by atoms with Gasteiger partial charge in [-0.1, -0.05) is 48.7 Å². The predicted octanol–water partition coefficient (Wildman–Crippen LogP) is 5.61. The van der Waals surface area contributed by atoms with Crippen LogP contribution in [0.5, 0.6) is 0 Å². The number of ether oxygens (including phenoxy) is 1. The van der Waals surface area contributed by atoms with Crippen molar-refractivity contribution in [3.05, 3.63) is 28.2 Å². The minimum atomic E-state index is 0.604. The number of rotatable bonds is 6. The molecule has 0 spiro atoms. The van der Waals surface area contributed by atoms with Crippen molar-refractivity contribution >= 4 is 21.6 Å². The second-order valence-corrected chi connectivity index (χ2v) is 7.56. The van der Waals surface area contributed by atoms with Crippen molar-refractivity contribution < 1.29 is 4.74 Å². The minimum absolute atomic E-state index is 0.604. The number of halogens is 1. The van der Waals surface area contributed by atoms with Crippen molar-refractivity contribution in [1.29, 1.82) is 0 Å². The molecular formula is C18H28BrNO. The third kappa shape index (κ3) is 5.00. The molecule has 1 aliphatic carbocycles. The number of nitrogens with one attached hydrogen (secondary N) is 1. The van der Waals surface area contributed by atoms with E-state index in [9.17, 15) is 0 Å². The zero-order chi connectivity index (χ0) is 15.2. The van der Waals surface area contributed by atoms with Crippen molar-refractivity contribution in [3.63, 3.8) is 0 Å². The van der Waals surface area contributed by atoms with Crippen LogP contribution in [0, 0.1) is 11.8 Å². The molecule has 2 atom stereocenters. The molecule has 0 aromatic heterocycles. The molecule has 118 valence electrons. The van der Waals surface area contributed by atoms with Crippen LogP contribution in [0.2, 0.25) is 0 Å². The van der Waals surface area contributed by atoms with Gasteiger partial charge in [-0.05, 0) is 43.2 Å². The second kappa shape index (κ2) is 8.19. The predicted molar refractivity (Wildman–Crippen MR) is 93.7 cm³/mol. The maximum absolute atomic E-state index is 5.34. The number of hydrogen-bond donors (Lipinski definition) is 1. The van der Waals surface area contributed by atoms with Crippen molar-refractivity contribution in [2.75, 3.05) is 12.4 Å². The monoisotopic (exact) mass is 353 g/mol. The minimum Gasteiger partial charge on any atom is -0.382 e. The maximum Gasteiger partial charge on any atom is 0.0744 e. The van der Waals surface area contributed by atoms with Gasteiger partial charge >= 0.3 is 0 Å². The fourth-order valence-corrected chi connectivity index (χ4v) is 3.99. The lowest BCUT2D eigenvalue weighted by atomic mass is 9.81. The van der Waals surface area contributed by atoms with E-state index in [1.54, 1.807) is 7.11 Å².